The molecule has 4 heterocycles. The van der Waals surface area contributed by atoms with Gasteiger partial charge in [0.05, 0.1) is 34.0 Å². The minimum absolute atomic E-state index is 0.0717. The Morgan fingerprint density at radius 3 is 2.52 bits per heavy atom. The fourth-order valence-corrected chi connectivity index (χ4v) is 5.67. The summed E-state index contributed by atoms with van der Waals surface area (Å²) in [4.78, 5) is 21.9. The van der Waals surface area contributed by atoms with Crippen LogP contribution in [-0.2, 0) is 10.2 Å². The van der Waals surface area contributed by atoms with Gasteiger partial charge in [0.1, 0.15) is 16.3 Å². The van der Waals surface area contributed by atoms with Crippen molar-refractivity contribution in [2.75, 3.05) is 20.1 Å². The largest absolute Gasteiger partial charge is 0.573 e. The Bertz CT molecular complexity index is 2070. The third-order valence-corrected chi connectivity index (χ3v) is 7.71. The number of nitrogens with zero attached hydrogens (tertiary/aromatic N) is 4. The van der Waals surface area contributed by atoms with E-state index in [1.165, 1.54) is 6.07 Å². The Hall–Kier alpha value is -4.48. The topological polar surface area (TPSA) is 121 Å². The minimum Gasteiger partial charge on any atom is -0.405 e. The number of nitrogens with one attached hydrogen (secondary N) is 1. The van der Waals surface area contributed by atoms with Crippen LogP contribution in [0.15, 0.2) is 58.5 Å². The van der Waals surface area contributed by atoms with Crippen molar-refractivity contribution in [2.45, 2.75) is 17.3 Å². The van der Waals surface area contributed by atoms with E-state index in [-0.39, 0.29) is 33.5 Å². The van der Waals surface area contributed by atoms with E-state index in [2.05, 4.69) is 14.7 Å². The average molecular weight is 572 g/mol. The third kappa shape index (κ3) is 4.23. The molecule has 5 aromatic rings. The van der Waals surface area contributed by atoms with Gasteiger partial charge in [-0.1, -0.05) is 6.07 Å². The number of nitriles is 1. The molecule has 1 fully saturated rings. The highest BCUT2D eigenvalue weighted by Crippen LogP contribution is 2.40. The summed E-state index contributed by atoms with van der Waals surface area (Å²) in [6, 6.07) is 9.66. The van der Waals surface area contributed by atoms with Crippen molar-refractivity contribution in [3.05, 3.63) is 64.6 Å². The molecule has 1 saturated heterocycles. The van der Waals surface area contributed by atoms with Crippen LogP contribution in [0.3, 0.4) is 0 Å². The predicted molar refractivity (Wildman–Crippen MR) is 137 cm³/mol. The van der Waals surface area contributed by atoms with Crippen molar-refractivity contribution in [1.82, 2.24) is 19.4 Å². The first-order valence-corrected chi connectivity index (χ1v) is 13.1. The highest BCUT2D eigenvalue weighted by Gasteiger charge is 2.34. The average Bonchev–Trinajstić information content (AvgIpc) is 3.25. The summed E-state index contributed by atoms with van der Waals surface area (Å²) in [5, 5.41) is 9.98. The van der Waals surface area contributed by atoms with Gasteiger partial charge in [-0.3, -0.25) is 9.78 Å². The number of likely N-dealkylation sites (tertiary alicyclic amines) is 1. The molecular weight excluding hydrogens is 554 g/mol. The summed E-state index contributed by atoms with van der Waals surface area (Å²) in [6.45, 7) is 1.14. The maximum Gasteiger partial charge on any atom is 0.573 e. The SMILES string of the molecule is CN1CC(n2c3cc(-c4cncc(S(=O)(=O)F)c4)c(OC(F)(F)F)cc3c(=O)c3c4ccc(C#N)cc4[nH]c32)C1. The number of hydrogen-bond acceptors (Lipinski definition) is 7. The number of rotatable bonds is 4. The molecule has 1 aliphatic rings. The predicted octanol–water partition coefficient (Wildman–Crippen LogP) is 4.61. The number of benzene rings is 2. The number of aromatic amines is 1. The van der Waals surface area contributed by atoms with Gasteiger partial charge in [0.25, 0.3) is 0 Å². The molecule has 0 atom stereocenters. The lowest BCUT2D eigenvalue weighted by Gasteiger charge is -2.39. The number of likely N-dealkylation sites (N-methyl/N-ethyl adjacent to an activating group) is 1. The quantitative estimate of drug-likeness (QED) is 0.247. The fraction of sp³-hybridized carbons (Fsp3) is 0.192. The first-order valence-electron chi connectivity index (χ1n) is 11.8. The Kier molecular flexibility index (Phi) is 5.65. The highest BCUT2D eigenvalue weighted by molar-refractivity contribution is 7.86. The summed E-state index contributed by atoms with van der Waals surface area (Å²) in [5.41, 5.74) is 0.534. The molecule has 204 valence electrons. The Morgan fingerprint density at radius 1 is 1.12 bits per heavy atom. The van der Waals surface area contributed by atoms with Crippen molar-refractivity contribution in [1.29, 1.82) is 5.26 Å². The Morgan fingerprint density at radius 2 is 1.88 bits per heavy atom. The number of alkyl halides is 3. The van der Waals surface area contributed by atoms with Gasteiger partial charge in [-0.15, -0.1) is 17.1 Å². The third-order valence-electron chi connectivity index (χ3n) is 6.92. The van der Waals surface area contributed by atoms with Gasteiger partial charge in [-0.25, -0.2) is 0 Å². The molecule has 6 rings (SSSR count). The van der Waals surface area contributed by atoms with E-state index in [1.54, 1.807) is 18.2 Å². The number of ether oxygens (including phenoxy) is 1. The monoisotopic (exact) mass is 571 g/mol. The normalized spacial score (nSPS) is 15.0. The van der Waals surface area contributed by atoms with Crippen LogP contribution in [-0.4, -0.2) is 54.4 Å². The van der Waals surface area contributed by atoms with Gasteiger partial charge in [-0.2, -0.15) is 13.7 Å². The van der Waals surface area contributed by atoms with Gasteiger partial charge in [0.2, 0.25) is 0 Å². The molecule has 0 amide bonds. The summed E-state index contributed by atoms with van der Waals surface area (Å²) in [6.07, 6.45) is -3.36. The fourth-order valence-electron chi connectivity index (χ4n) is 5.21. The second-order valence-corrected chi connectivity index (χ2v) is 10.9. The maximum absolute atomic E-state index is 13.8. The van der Waals surface area contributed by atoms with E-state index in [0.717, 1.165) is 24.5 Å². The minimum atomic E-state index is -5.22. The number of H-pyrrole nitrogens is 1. The first-order chi connectivity index (χ1) is 18.8. The lowest BCUT2D eigenvalue weighted by atomic mass is 10.0. The highest BCUT2D eigenvalue weighted by atomic mass is 32.3. The zero-order valence-electron chi connectivity index (χ0n) is 20.5. The number of aromatic nitrogens is 3. The molecule has 0 bridgehead atoms. The van der Waals surface area contributed by atoms with E-state index in [4.69, 9.17) is 0 Å². The molecule has 0 saturated carbocycles. The van der Waals surface area contributed by atoms with Crippen LogP contribution in [0.1, 0.15) is 11.6 Å². The standard InChI is InChI=1S/C26H17F4N5O4S/c1-34-11-15(12-34)35-21-6-18(14-5-16(10-32-9-14)40(30,37)38)22(39-26(27,28)29)7-19(21)24(36)23-17-3-2-13(8-31)4-20(17)33-25(23)35/h2-7,9-10,15,33H,11-12H2,1H3. The summed E-state index contributed by atoms with van der Waals surface area (Å²) >= 11 is 0. The van der Waals surface area contributed by atoms with Crippen molar-refractivity contribution < 1.29 is 30.2 Å². The van der Waals surface area contributed by atoms with Crippen molar-refractivity contribution in [2.24, 2.45) is 0 Å². The Balaban J connectivity index is 1.75. The maximum atomic E-state index is 13.8. The number of hydrogen-bond donors (Lipinski definition) is 1. The van der Waals surface area contributed by atoms with Crippen molar-refractivity contribution in [3.8, 4) is 22.9 Å². The van der Waals surface area contributed by atoms with Gasteiger partial charge in [0.15, 0.2) is 5.43 Å². The van der Waals surface area contributed by atoms with Crippen molar-refractivity contribution in [3.63, 3.8) is 0 Å². The van der Waals surface area contributed by atoms with Crippen LogP contribution in [0.4, 0.5) is 17.1 Å². The van der Waals surface area contributed by atoms with Crippen LogP contribution in [0.2, 0.25) is 0 Å². The molecule has 0 spiro atoms. The van der Waals surface area contributed by atoms with E-state index >= 15 is 0 Å². The number of fused-ring (bicyclic) bond motifs is 4. The van der Waals surface area contributed by atoms with E-state index in [9.17, 15) is 35.5 Å². The zero-order valence-corrected chi connectivity index (χ0v) is 21.3. The second kappa shape index (κ2) is 8.77. The summed E-state index contributed by atoms with van der Waals surface area (Å²) < 4.78 is 83.3. The molecule has 3 aromatic heterocycles. The van der Waals surface area contributed by atoms with Crippen molar-refractivity contribution >= 4 is 43.1 Å². The molecule has 1 N–H and O–H groups in total. The van der Waals surface area contributed by atoms with Crippen LogP contribution >= 0.6 is 0 Å². The number of halogens is 4. The van der Waals surface area contributed by atoms with Crippen LogP contribution in [0, 0.1) is 11.3 Å². The number of pyridine rings is 2. The molecule has 0 radical (unpaired) electrons. The zero-order chi connectivity index (χ0) is 28.6. The molecular formula is C26H17F4N5O4S. The second-order valence-electron chi connectivity index (χ2n) is 9.56. The van der Waals surface area contributed by atoms with E-state index < -0.39 is 32.7 Å². The van der Waals surface area contributed by atoms with Gasteiger partial charge < -0.3 is 19.2 Å². The molecule has 2 aromatic carbocycles. The van der Waals surface area contributed by atoms with Gasteiger partial charge >= 0.3 is 16.6 Å². The van der Waals surface area contributed by atoms with Crippen LogP contribution in [0.5, 0.6) is 5.75 Å². The molecule has 40 heavy (non-hydrogen) atoms. The lowest BCUT2D eigenvalue weighted by Crippen LogP contribution is -2.45. The van der Waals surface area contributed by atoms with Gasteiger partial charge in [0, 0.05) is 47.5 Å². The molecule has 14 heteroatoms. The first kappa shape index (κ1) is 25.8. The Labute approximate surface area is 223 Å². The molecule has 0 aliphatic carbocycles. The molecule has 0 unspecified atom stereocenters. The molecule has 1 aliphatic heterocycles. The van der Waals surface area contributed by atoms with Crippen LogP contribution in [0.25, 0.3) is 44.0 Å². The molecule has 9 nitrogen and oxygen atoms in total. The smallest absolute Gasteiger partial charge is 0.405 e. The van der Waals surface area contributed by atoms with E-state index in [1.807, 2.05) is 22.6 Å². The van der Waals surface area contributed by atoms with Gasteiger partial charge in [-0.05, 0) is 37.4 Å². The lowest BCUT2D eigenvalue weighted by molar-refractivity contribution is -0.274. The van der Waals surface area contributed by atoms with E-state index in [0.29, 0.717) is 35.2 Å². The van der Waals surface area contributed by atoms with Crippen LogP contribution < -0.4 is 10.2 Å². The summed E-state index contributed by atoms with van der Waals surface area (Å²) in [7, 11) is -3.33. The summed E-state index contributed by atoms with van der Waals surface area (Å²) in [5.74, 6) is -0.782.